The van der Waals surface area contributed by atoms with E-state index < -0.39 is 24.8 Å². The summed E-state index contributed by atoms with van der Waals surface area (Å²) in [5.41, 5.74) is 0.514. The van der Waals surface area contributed by atoms with Crippen LogP contribution in [0.2, 0.25) is 0 Å². The minimum atomic E-state index is -2.71. The van der Waals surface area contributed by atoms with Gasteiger partial charge in [-0.25, -0.2) is 18.2 Å². The second-order valence-corrected chi connectivity index (χ2v) is 4.40. The number of rotatable bonds is 2. The monoisotopic (exact) mass is 230 g/mol. The quantitative estimate of drug-likeness (QED) is 0.776. The molecule has 2 nitrogen and oxygen atoms in total. The predicted octanol–water partition coefficient (Wildman–Crippen LogP) is 2.80. The summed E-state index contributed by atoms with van der Waals surface area (Å²) in [6.45, 7) is 2.82. The number of hydrogen-bond donors (Lipinski definition) is 0. The van der Waals surface area contributed by atoms with Gasteiger partial charge in [0.2, 0.25) is 0 Å². The first-order valence-electron chi connectivity index (χ1n) is 5.18. The van der Waals surface area contributed by atoms with Crippen molar-refractivity contribution in [2.75, 3.05) is 18.0 Å². The van der Waals surface area contributed by atoms with Crippen LogP contribution >= 0.6 is 0 Å². The molecule has 0 aromatic carbocycles. The molecule has 1 aliphatic rings. The highest BCUT2D eigenvalue weighted by molar-refractivity contribution is 5.47. The SMILES string of the molecule is CC(C)c1ccnc(N2CC(F)(F)C2)c1F. The zero-order valence-corrected chi connectivity index (χ0v) is 9.17. The third-order valence-corrected chi connectivity index (χ3v) is 2.67. The lowest BCUT2D eigenvalue weighted by Gasteiger charge is -2.39. The fourth-order valence-electron chi connectivity index (χ4n) is 1.78. The Morgan fingerprint density at radius 3 is 2.50 bits per heavy atom. The fourth-order valence-corrected chi connectivity index (χ4v) is 1.78. The second kappa shape index (κ2) is 3.64. The van der Waals surface area contributed by atoms with Gasteiger partial charge in [-0.1, -0.05) is 13.8 Å². The molecule has 0 saturated carbocycles. The summed E-state index contributed by atoms with van der Waals surface area (Å²) in [4.78, 5) is 5.09. The van der Waals surface area contributed by atoms with Crippen molar-refractivity contribution in [1.82, 2.24) is 4.98 Å². The van der Waals surface area contributed by atoms with Crippen molar-refractivity contribution in [2.45, 2.75) is 25.7 Å². The van der Waals surface area contributed by atoms with E-state index in [-0.39, 0.29) is 11.7 Å². The zero-order chi connectivity index (χ0) is 11.9. The minimum Gasteiger partial charge on any atom is -0.342 e. The largest absolute Gasteiger partial charge is 0.342 e. The van der Waals surface area contributed by atoms with Crippen molar-refractivity contribution < 1.29 is 13.2 Å². The molecule has 0 radical (unpaired) electrons. The van der Waals surface area contributed by atoms with Crippen molar-refractivity contribution in [3.63, 3.8) is 0 Å². The number of nitrogens with zero attached hydrogens (tertiary/aromatic N) is 2. The number of aromatic nitrogens is 1. The van der Waals surface area contributed by atoms with E-state index in [9.17, 15) is 13.2 Å². The van der Waals surface area contributed by atoms with Crippen LogP contribution in [0.15, 0.2) is 12.3 Å². The van der Waals surface area contributed by atoms with E-state index in [0.29, 0.717) is 5.56 Å². The molecule has 1 saturated heterocycles. The molecular formula is C11H13F3N2. The number of halogens is 3. The highest BCUT2D eigenvalue weighted by Gasteiger charge is 2.45. The van der Waals surface area contributed by atoms with Crippen molar-refractivity contribution in [2.24, 2.45) is 0 Å². The van der Waals surface area contributed by atoms with Gasteiger partial charge in [0.15, 0.2) is 11.6 Å². The maximum Gasteiger partial charge on any atom is 0.282 e. The van der Waals surface area contributed by atoms with Crippen LogP contribution < -0.4 is 4.90 Å². The molecule has 0 spiro atoms. The van der Waals surface area contributed by atoms with Crippen LogP contribution in [0.25, 0.3) is 0 Å². The Morgan fingerprint density at radius 2 is 2.00 bits per heavy atom. The Hall–Kier alpha value is -1.26. The van der Waals surface area contributed by atoms with Gasteiger partial charge in [-0.05, 0) is 17.5 Å². The Balaban J connectivity index is 2.26. The Labute approximate surface area is 92.1 Å². The lowest BCUT2D eigenvalue weighted by molar-refractivity contribution is -0.0270. The number of anilines is 1. The summed E-state index contributed by atoms with van der Waals surface area (Å²) >= 11 is 0. The standard InChI is InChI=1S/C11H13F3N2/c1-7(2)8-3-4-15-10(9(8)12)16-5-11(13,14)6-16/h3-4,7H,5-6H2,1-2H3. The van der Waals surface area contributed by atoms with Crippen molar-refractivity contribution in [3.8, 4) is 0 Å². The van der Waals surface area contributed by atoms with Gasteiger partial charge in [0.25, 0.3) is 5.92 Å². The second-order valence-electron chi connectivity index (χ2n) is 4.40. The smallest absolute Gasteiger partial charge is 0.282 e. The molecule has 0 N–H and O–H groups in total. The van der Waals surface area contributed by atoms with E-state index in [0.717, 1.165) is 0 Å². The maximum atomic E-state index is 13.9. The molecule has 0 atom stereocenters. The van der Waals surface area contributed by atoms with Crippen LogP contribution in [-0.4, -0.2) is 24.0 Å². The molecule has 5 heteroatoms. The van der Waals surface area contributed by atoms with Crippen molar-refractivity contribution >= 4 is 5.82 Å². The fraction of sp³-hybridized carbons (Fsp3) is 0.545. The van der Waals surface area contributed by atoms with Crippen molar-refractivity contribution in [3.05, 3.63) is 23.6 Å². The van der Waals surface area contributed by atoms with E-state index >= 15 is 0 Å². The van der Waals surface area contributed by atoms with Crippen LogP contribution in [0.1, 0.15) is 25.3 Å². The minimum absolute atomic E-state index is 0.0172. The van der Waals surface area contributed by atoms with Crippen LogP contribution in [0.5, 0.6) is 0 Å². The lowest BCUT2D eigenvalue weighted by atomic mass is 10.0. The molecule has 0 bridgehead atoms. The van der Waals surface area contributed by atoms with Gasteiger partial charge >= 0.3 is 0 Å². The summed E-state index contributed by atoms with van der Waals surface area (Å²) in [6.07, 6.45) is 1.46. The van der Waals surface area contributed by atoms with Crippen LogP contribution in [0.4, 0.5) is 19.0 Å². The molecule has 2 heterocycles. The Kier molecular flexibility index (Phi) is 2.56. The Bertz CT molecular complexity index is 396. The molecule has 1 aliphatic heterocycles. The average Bonchev–Trinajstić information content (AvgIpc) is 2.14. The third-order valence-electron chi connectivity index (χ3n) is 2.67. The van der Waals surface area contributed by atoms with Gasteiger partial charge < -0.3 is 4.90 Å². The molecule has 88 valence electrons. The first-order chi connectivity index (χ1) is 7.41. The maximum absolute atomic E-state index is 13.9. The van der Waals surface area contributed by atoms with Gasteiger partial charge in [-0.15, -0.1) is 0 Å². The molecule has 1 aromatic heterocycles. The summed E-state index contributed by atoms with van der Waals surface area (Å²) in [7, 11) is 0. The van der Waals surface area contributed by atoms with Gasteiger partial charge in [0.05, 0.1) is 13.1 Å². The van der Waals surface area contributed by atoms with Gasteiger partial charge in [0.1, 0.15) is 0 Å². The van der Waals surface area contributed by atoms with Gasteiger partial charge in [-0.3, -0.25) is 0 Å². The van der Waals surface area contributed by atoms with Crippen LogP contribution in [0, 0.1) is 5.82 Å². The first kappa shape index (κ1) is 11.2. The Morgan fingerprint density at radius 1 is 1.38 bits per heavy atom. The van der Waals surface area contributed by atoms with E-state index in [4.69, 9.17) is 0 Å². The molecule has 1 aromatic rings. The predicted molar refractivity (Wildman–Crippen MR) is 55.4 cm³/mol. The zero-order valence-electron chi connectivity index (χ0n) is 9.17. The average molecular weight is 230 g/mol. The molecule has 0 aliphatic carbocycles. The van der Waals surface area contributed by atoms with Crippen LogP contribution in [-0.2, 0) is 0 Å². The molecule has 2 rings (SSSR count). The summed E-state index contributed by atoms with van der Waals surface area (Å²) in [5, 5.41) is 0. The highest BCUT2D eigenvalue weighted by atomic mass is 19.3. The highest BCUT2D eigenvalue weighted by Crippen LogP contribution is 2.33. The van der Waals surface area contributed by atoms with Gasteiger partial charge in [0, 0.05) is 6.20 Å². The summed E-state index contributed by atoms with van der Waals surface area (Å²) < 4.78 is 39.2. The first-order valence-corrected chi connectivity index (χ1v) is 5.18. The van der Waals surface area contributed by atoms with E-state index in [1.165, 1.54) is 11.1 Å². The summed E-state index contributed by atoms with van der Waals surface area (Å²) in [6, 6.07) is 1.58. The molecule has 16 heavy (non-hydrogen) atoms. The van der Waals surface area contributed by atoms with Crippen LogP contribution in [0.3, 0.4) is 0 Å². The number of pyridine rings is 1. The number of alkyl halides is 2. The van der Waals surface area contributed by atoms with Gasteiger partial charge in [-0.2, -0.15) is 0 Å². The number of hydrogen-bond acceptors (Lipinski definition) is 2. The van der Waals surface area contributed by atoms with Crippen molar-refractivity contribution in [1.29, 1.82) is 0 Å². The summed E-state index contributed by atoms with van der Waals surface area (Å²) in [5.74, 6) is -3.13. The normalized spacial score (nSPS) is 18.8. The van der Waals surface area contributed by atoms with E-state index in [2.05, 4.69) is 4.98 Å². The molecule has 0 amide bonds. The lowest BCUT2D eigenvalue weighted by Crippen LogP contribution is -2.57. The molecular weight excluding hydrogens is 217 g/mol. The molecule has 0 unspecified atom stereocenters. The van der Waals surface area contributed by atoms with E-state index in [1.54, 1.807) is 6.07 Å². The topological polar surface area (TPSA) is 16.1 Å². The van der Waals surface area contributed by atoms with E-state index in [1.807, 2.05) is 13.8 Å². The molecule has 1 fully saturated rings. The third kappa shape index (κ3) is 1.86.